The van der Waals surface area contributed by atoms with Crippen LogP contribution in [0.3, 0.4) is 0 Å². The van der Waals surface area contributed by atoms with E-state index in [2.05, 4.69) is 34.3 Å². The number of thioether (sulfide) groups is 1. The van der Waals surface area contributed by atoms with E-state index in [1.165, 1.54) is 17.3 Å². The van der Waals surface area contributed by atoms with Crippen LogP contribution in [-0.4, -0.2) is 42.9 Å². The number of carbonyl (C=O) groups excluding carboxylic acids is 1. The summed E-state index contributed by atoms with van der Waals surface area (Å²) < 4.78 is 5.43. The standard InChI is InChI=1S/C24H24N4O2S/c1-2-17-7-8-20-18(13-17)14-19(15-25)24(27-20)31-16-23(29)26-21-5-3-4-6-22(21)28-9-11-30-12-10-28/h3-8,13-14H,2,9-12,16H2,1H3,(H,26,29). The van der Waals surface area contributed by atoms with Gasteiger partial charge in [0.15, 0.2) is 0 Å². The van der Waals surface area contributed by atoms with E-state index in [1.54, 1.807) is 0 Å². The molecule has 2 heterocycles. The minimum atomic E-state index is -0.127. The number of benzene rings is 2. The van der Waals surface area contributed by atoms with Crippen molar-refractivity contribution >= 4 is 39.9 Å². The van der Waals surface area contributed by atoms with Crippen molar-refractivity contribution in [3.63, 3.8) is 0 Å². The highest BCUT2D eigenvalue weighted by Gasteiger charge is 2.16. The fraction of sp³-hybridized carbons (Fsp3) is 0.292. The smallest absolute Gasteiger partial charge is 0.234 e. The Bertz CT molecular complexity index is 1140. The van der Waals surface area contributed by atoms with Gasteiger partial charge >= 0.3 is 0 Å². The molecular formula is C24H24N4O2S. The lowest BCUT2D eigenvalue weighted by atomic mass is 10.1. The Morgan fingerprint density at radius 1 is 1.23 bits per heavy atom. The molecule has 3 aromatic rings. The molecule has 1 aliphatic rings. The van der Waals surface area contributed by atoms with Crippen LogP contribution < -0.4 is 10.2 Å². The number of fused-ring (bicyclic) bond motifs is 1. The van der Waals surface area contributed by atoms with Gasteiger partial charge in [-0.3, -0.25) is 4.79 Å². The Kier molecular flexibility index (Phi) is 6.70. The van der Waals surface area contributed by atoms with Crippen molar-refractivity contribution in [3.05, 3.63) is 59.7 Å². The molecule has 1 fully saturated rings. The minimum Gasteiger partial charge on any atom is -0.378 e. The SMILES string of the molecule is CCc1ccc2nc(SCC(=O)Nc3ccccc3N3CCOCC3)c(C#N)cc2c1. The van der Waals surface area contributed by atoms with Gasteiger partial charge in [0, 0.05) is 18.5 Å². The van der Waals surface area contributed by atoms with E-state index in [0.29, 0.717) is 23.8 Å². The largest absolute Gasteiger partial charge is 0.378 e. The molecule has 0 bridgehead atoms. The summed E-state index contributed by atoms with van der Waals surface area (Å²) >= 11 is 1.29. The molecule has 4 rings (SSSR count). The first-order chi connectivity index (χ1) is 15.2. The number of para-hydroxylation sites is 2. The van der Waals surface area contributed by atoms with Gasteiger partial charge < -0.3 is 15.0 Å². The molecule has 1 aliphatic heterocycles. The Morgan fingerprint density at radius 3 is 2.81 bits per heavy atom. The zero-order valence-electron chi connectivity index (χ0n) is 17.4. The van der Waals surface area contributed by atoms with Crippen molar-refractivity contribution < 1.29 is 9.53 Å². The number of ether oxygens (including phenoxy) is 1. The number of aromatic nitrogens is 1. The van der Waals surface area contributed by atoms with Crippen LogP contribution in [0.15, 0.2) is 53.6 Å². The zero-order chi connectivity index (χ0) is 21.6. The lowest BCUT2D eigenvalue weighted by Gasteiger charge is -2.30. The summed E-state index contributed by atoms with van der Waals surface area (Å²) in [5.41, 5.74) is 4.31. The maximum Gasteiger partial charge on any atom is 0.234 e. The second-order valence-electron chi connectivity index (χ2n) is 7.29. The number of nitriles is 1. The van der Waals surface area contributed by atoms with Crippen molar-refractivity contribution in [1.82, 2.24) is 4.98 Å². The second-order valence-corrected chi connectivity index (χ2v) is 8.25. The number of hydrogen-bond donors (Lipinski definition) is 1. The molecule has 1 N–H and O–H groups in total. The molecule has 7 heteroatoms. The number of rotatable bonds is 6. The van der Waals surface area contributed by atoms with Crippen molar-refractivity contribution in [2.24, 2.45) is 0 Å². The Balaban J connectivity index is 1.47. The molecule has 1 amide bonds. The van der Waals surface area contributed by atoms with Crippen LogP contribution in [0.1, 0.15) is 18.1 Å². The summed E-state index contributed by atoms with van der Waals surface area (Å²) in [4.78, 5) is 19.5. The van der Waals surface area contributed by atoms with Gasteiger partial charge in [0.2, 0.25) is 5.91 Å². The average Bonchev–Trinajstić information content (AvgIpc) is 2.82. The monoisotopic (exact) mass is 432 g/mol. The number of aryl methyl sites for hydroxylation is 1. The first-order valence-electron chi connectivity index (χ1n) is 10.4. The molecule has 0 spiro atoms. The number of nitrogens with zero attached hydrogens (tertiary/aromatic N) is 3. The lowest BCUT2D eigenvalue weighted by Crippen LogP contribution is -2.36. The van der Waals surface area contributed by atoms with Gasteiger partial charge in [0.05, 0.1) is 41.4 Å². The highest BCUT2D eigenvalue weighted by atomic mass is 32.2. The molecular weight excluding hydrogens is 408 g/mol. The predicted molar refractivity (Wildman–Crippen MR) is 125 cm³/mol. The number of carbonyl (C=O) groups is 1. The highest BCUT2D eigenvalue weighted by molar-refractivity contribution is 8.00. The Morgan fingerprint density at radius 2 is 2.03 bits per heavy atom. The molecule has 2 aromatic carbocycles. The third-order valence-corrected chi connectivity index (χ3v) is 6.23. The second kappa shape index (κ2) is 9.82. The van der Waals surface area contributed by atoms with E-state index in [9.17, 15) is 10.1 Å². The van der Waals surface area contributed by atoms with Gasteiger partial charge in [0.1, 0.15) is 11.1 Å². The molecule has 31 heavy (non-hydrogen) atoms. The fourth-order valence-corrected chi connectivity index (χ4v) is 4.36. The normalized spacial score (nSPS) is 13.7. The molecule has 0 radical (unpaired) electrons. The van der Waals surface area contributed by atoms with E-state index in [4.69, 9.17) is 4.74 Å². The zero-order valence-corrected chi connectivity index (χ0v) is 18.2. The molecule has 0 aliphatic carbocycles. The predicted octanol–water partition coefficient (Wildman–Crippen LogP) is 4.24. The van der Waals surface area contributed by atoms with Gasteiger partial charge in [-0.15, -0.1) is 0 Å². The Hall–Kier alpha value is -3.08. The summed E-state index contributed by atoms with van der Waals surface area (Å²) in [6.45, 7) is 5.06. The molecule has 6 nitrogen and oxygen atoms in total. The number of anilines is 2. The first kappa shape index (κ1) is 21.2. The van der Waals surface area contributed by atoms with Gasteiger partial charge in [-0.05, 0) is 42.3 Å². The van der Waals surface area contributed by atoms with Crippen LogP contribution in [-0.2, 0) is 16.0 Å². The van der Waals surface area contributed by atoms with Gasteiger partial charge in [0.25, 0.3) is 0 Å². The average molecular weight is 433 g/mol. The number of nitrogens with one attached hydrogen (secondary N) is 1. The third-order valence-electron chi connectivity index (χ3n) is 5.24. The molecule has 158 valence electrons. The van der Waals surface area contributed by atoms with Crippen LogP contribution in [0.5, 0.6) is 0 Å². The molecule has 1 saturated heterocycles. The van der Waals surface area contributed by atoms with Gasteiger partial charge in [-0.1, -0.05) is 36.9 Å². The van der Waals surface area contributed by atoms with Crippen molar-refractivity contribution in [3.8, 4) is 6.07 Å². The van der Waals surface area contributed by atoms with E-state index in [0.717, 1.165) is 41.8 Å². The van der Waals surface area contributed by atoms with E-state index in [1.807, 2.05) is 42.5 Å². The number of morpholine rings is 1. The van der Waals surface area contributed by atoms with Crippen LogP contribution in [0.25, 0.3) is 10.9 Å². The number of amides is 1. The molecule has 0 unspecified atom stereocenters. The lowest BCUT2D eigenvalue weighted by molar-refractivity contribution is -0.113. The van der Waals surface area contributed by atoms with E-state index in [-0.39, 0.29) is 11.7 Å². The number of hydrogen-bond acceptors (Lipinski definition) is 6. The summed E-state index contributed by atoms with van der Waals surface area (Å²) in [5.74, 6) is 0.0512. The van der Waals surface area contributed by atoms with Gasteiger partial charge in [-0.2, -0.15) is 5.26 Å². The fourth-order valence-electron chi connectivity index (χ4n) is 3.60. The van der Waals surface area contributed by atoms with Crippen molar-refractivity contribution in [2.75, 3.05) is 42.3 Å². The summed E-state index contributed by atoms with van der Waals surface area (Å²) in [6.07, 6.45) is 0.931. The van der Waals surface area contributed by atoms with Crippen LogP contribution in [0, 0.1) is 11.3 Å². The summed E-state index contributed by atoms with van der Waals surface area (Å²) in [7, 11) is 0. The highest BCUT2D eigenvalue weighted by Crippen LogP contribution is 2.28. The van der Waals surface area contributed by atoms with Crippen LogP contribution in [0.4, 0.5) is 11.4 Å². The number of pyridine rings is 1. The molecule has 1 aromatic heterocycles. The Labute approximate surface area is 186 Å². The van der Waals surface area contributed by atoms with Gasteiger partial charge in [-0.25, -0.2) is 4.98 Å². The molecule has 0 atom stereocenters. The maximum absolute atomic E-state index is 12.7. The van der Waals surface area contributed by atoms with E-state index >= 15 is 0 Å². The summed E-state index contributed by atoms with van der Waals surface area (Å²) in [5, 5.41) is 14.1. The third kappa shape index (κ3) is 4.98. The summed E-state index contributed by atoms with van der Waals surface area (Å²) in [6, 6.07) is 18.0. The maximum atomic E-state index is 12.7. The molecule has 0 saturated carbocycles. The van der Waals surface area contributed by atoms with Crippen LogP contribution >= 0.6 is 11.8 Å². The quantitative estimate of drug-likeness (QED) is 0.587. The van der Waals surface area contributed by atoms with Crippen LogP contribution in [0.2, 0.25) is 0 Å². The topological polar surface area (TPSA) is 78.2 Å². The first-order valence-corrected chi connectivity index (χ1v) is 11.3. The van der Waals surface area contributed by atoms with Crippen molar-refractivity contribution in [2.45, 2.75) is 18.4 Å². The van der Waals surface area contributed by atoms with E-state index < -0.39 is 0 Å². The van der Waals surface area contributed by atoms with Crippen molar-refractivity contribution in [1.29, 1.82) is 5.26 Å². The minimum absolute atomic E-state index is 0.127.